The molecule has 3 aromatic rings. The average molecular weight is 325 g/mol. The highest BCUT2D eigenvalue weighted by atomic mass is 19.1. The maximum absolute atomic E-state index is 13.2. The zero-order valence-electron chi connectivity index (χ0n) is 14.2. The van der Waals surface area contributed by atoms with Crippen LogP contribution in [0.2, 0.25) is 0 Å². The zero-order valence-corrected chi connectivity index (χ0v) is 14.2. The molecule has 1 aromatic heterocycles. The van der Waals surface area contributed by atoms with Crippen molar-refractivity contribution in [1.82, 2.24) is 9.55 Å². The molecule has 0 aliphatic carbocycles. The van der Waals surface area contributed by atoms with Crippen LogP contribution < -0.4 is 11.3 Å². The Morgan fingerprint density at radius 1 is 1.21 bits per heavy atom. The summed E-state index contributed by atoms with van der Waals surface area (Å²) in [6.45, 7) is 5.76. The highest BCUT2D eigenvalue weighted by Gasteiger charge is 2.18. The number of hydrogen-bond acceptors (Lipinski definition) is 3. The van der Waals surface area contributed by atoms with Crippen LogP contribution >= 0.6 is 0 Å². The minimum absolute atomic E-state index is 0.123. The van der Waals surface area contributed by atoms with Gasteiger partial charge in [-0.25, -0.2) is 9.37 Å². The molecule has 0 fully saturated rings. The van der Waals surface area contributed by atoms with Gasteiger partial charge in [-0.2, -0.15) is 0 Å². The maximum Gasteiger partial charge on any atom is 0.261 e. The Morgan fingerprint density at radius 2 is 1.83 bits per heavy atom. The monoisotopic (exact) mass is 325 g/mol. The summed E-state index contributed by atoms with van der Waals surface area (Å²) in [7, 11) is 1.68. The first-order valence-corrected chi connectivity index (χ1v) is 7.83. The van der Waals surface area contributed by atoms with Crippen LogP contribution in [0.15, 0.2) is 35.1 Å². The molecule has 24 heavy (non-hydrogen) atoms. The number of aryl methyl sites for hydroxylation is 2. The molecule has 0 spiro atoms. The predicted octanol–water partition coefficient (Wildman–Crippen LogP) is 3.38. The third kappa shape index (κ3) is 2.51. The lowest BCUT2D eigenvalue weighted by Crippen LogP contribution is -2.23. The first-order chi connectivity index (χ1) is 11.3. The first kappa shape index (κ1) is 16.3. The van der Waals surface area contributed by atoms with Crippen LogP contribution in [0.1, 0.15) is 29.7 Å². The van der Waals surface area contributed by atoms with Crippen molar-refractivity contribution in [2.45, 2.75) is 26.8 Å². The molecule has 4 nitrogen and oxygen atoms in total. The minimum Gasteiger partial charge on any atom is -0.324 e. The molecule has 0 radical (unpaired) electrons. The van der Waals surface area contributed by atoms with Crippen molar-refractivity contribution in [2.75, 3.05) is 0 Å². The van der Waals surface area contributed by atoms with E-state index >= 15 is 0 Å². The fourth-order valence-electron chi connectivity index (χ4n) is 2.96. The van der Waals surface area contributed by atoms with E-state index in [0.717, 1.165) is 16.7 Å². The van der Waals surface area contributed by atoms with Gasteiger partial charge in [0.1, 0.15) is 11.6 Å². The second kappa shape index (κ2) is 5.83. The van der Waals surface area contributed by atoms with Crippen LogP contribution in [0, 0.1) is 19.7 Å². The Hall–Kier alpha value is -2.53. The molecule has 0 saturated heterocycles. The molecule has 0 aliphatic heterocycles. The van der Waals surface area contributed by atoms with Crippen molar-refractivity contribution >= 4 is 10.9 Å². The molecule has 0 bridgehead atoms. The minimum atomic E-state index is -0.327. The molecule has 0 unspecified atom stereocenters. The second-order valence-electron chi connectivity index (χ2n) is 6.23. The number of fused-ring (bicyclic) bond motifs is 1. The van der Waals surface area contributed by atoms with Gasteiger partial charge >= 0.3 is 0 Å². The molecule has 2 N–H and O–H groups in total. The standard InChI is InChI=1S/C19H20FN3O/c1-10-9-15(12(3)21)17-16(11(10)2)19(24)23(4)18(22-17)13-5-7-14(20)8-6-13/h5-9,12H,21H2,1-4H3/t12-/m1/s1. The van der Waals surface area contributed by atoms with E-state index in [1.165, 1.54) is 16.7 Å². The SMILES string of the molecule is Cc1cc([C@@H](C)N)c2nc(-c3ccc(F)cc3)n(C)c(=O)c2c1C. The van der Waals surface area contributed by atoms with E-state index in [0.29, 0.717) is 22.3 Å². The topological polar surface area (TPSA) is 60.9 Å². The van der Waals surface area contributed by atoms with Crippen LogP contribution in [-0.4, -0.2) is 9.55 Å². The lowest BCUT2D eigenvalue weighted by atomic mass is 9.97. The highest BCUT2D eigenvalue weighted by molar-refractivity contribution is 5.87. The number of nitrogens with two attached hydrogens (primary N) is 1. The zero-order chi connectivity index (χ0) is 17.6. The molecule has 2 aromatic carbocycles. The number of nitrogens with zero attached hydrogens (tertiary/aromatic N) is 2. The van der Waals surface area contributed by atoms with Gasteiger partial charge in [0, 0.05) is 18.7 Å². The van der Waals surface area contributed by atoms with Crippen LogP contribution in [0.5, 0.6) is 0 Å². The highest BCUT2D eigenvalue weighted by Crippen LogP contribution is 2.27. The van der Waals surface area contributed by atoms with Gasteiger partial charge in [0.2, 0.25) is 0 Å². The summed E-state index contributed by atoms with van der Waals surface area (Å²) < 4.78 is 14.7. The van der Waals surface area contributed by atoms with Crippen LogP contribution in [0.3, 0.4) is 0 Å². The molecule has 124 valence electrons. The van der Waals surface area contributed by atoms with Gasteiger partial charge in [-0.05, 0) is 61.7 Å². The predicted molar refractivity (Wildman–Crippen MR) is 94.5 cm³/mol. The third-order valence-corrected chi connectivity index (χ3v) is 4.50. The van der Waals surface area contributed by atoms with E-state index in [1.807, 2.05) is 26.8 Å². The van der Waals surface area contributed by atoms with Crippen molar-refractivity contribution < 1.29 is 4.39 Å². The Balaban J connectivity index is 2.45. The maximum atomic E-state index is 13.2. The number of rotatable bonds is 2. The molecule has 0 aliphatic rings. The van der Waals surface area contributed by atoms with Gasteiger partial charge in [0.15, 0.2) is 0 Å². The van der Waals surface area contributed by atoms with Gasteiger partial charge in [0.25, 0.3) is 5.56 Å². The smallest absolute Gasteiger partial charge is 0.261 e. The number of halogens is 1. The van der Waals surface area contributed by atoms with E-state index in [1.54, 1.807) is 19.2 Å². The first-order valence-electron chi connectivity index (χ1n) is 7.83. The Labute approximate surface area is 139 Å². The van der Waals surface area contributed by atoms with Crippen molar-refractivity contribution in [3.8, 4) is 11.4 Å². The molecular weight excluding hydrogens is 305 g/mol. The summed E-state index contributed by atoms with van der Waals surface area (Å²) in [6, 6.07) is 7.71. The van der Waals surface area contributed by atoms with E-state index in [2.05, 4.69) is 0 Å². The molecule has 3 rings (SSSR count). The van der Waals surface area contributed by atoms with E-state index < -0.39 is 0 Å². The van der Waals surface area contributed by atoms with Crippen LogP contribution in [0.4, 0.5) is 4.39 Å². The Bertz CT molecular complexity index is 988. The normalized spacial score (nSPS) is 12.6. The quantitative estimate of drug-likeness (QED) is 0.786. The number of benzene rings is 2. The summed E-state index contributed by atoms with van der Waals surface area (Å²) in [5.74, 6) is 0.171. The fraction of sp³-hybridized carbons (Fsp3) is 0.263. The third-order valence-electron chi connectivity index (χ3n) is 4.50. The number of hydrogen-bond donors (Lipinski definition) is 1. The van der Waals surface area contributed by atoms with Crippen molar-refractivity contribution in [2.24, 2.45) is 12.8 Å². The van der Waals surface area contributed by atoms with Crippen molar-refractivity contribution in [3.63, 3.8) is 0 Å². The van der Waals surface area contributed by atoms with Crippen molar-refractivity contribution in [3.05, 3.63) is 63.2 Å². The van der Waals surface area contributed by atoms with Gasteiger partial charge in [-0.3, -0.25) is 9.36 Å². The van der Waals surface area contributed by atoms with Gasteiger partial charge in [-0.1, -0.05) is 6.07 Å². The van der Waals surface area contributed by atoms with Crippen LogP contribution in [0.25, 0.3) is 22.3 Å². The molecule has 0 saturated carbocycles. The molecule has 0 amide bonds. The van der Waals surface area contributed by atoms with Gasteiger partial charge in [-0.15, -0.1) is 0 Å². The summed E-state index contributed by atoms with van der Waals surface area (Å²) in [4.78, 5) is 17.7. The molecule has 1 heterocycles. The Morgan fingerprint density at radius 3 is 2.42 bits per heavy atom. The van der Waals surface area contributed by atoms with E-state index in [-0.39, 0.29) is 17.4 Å². The lowest BCUT2D eigenvalue weighted by Gasteiger charge is -2.16. The molecule has 5 heteroatoms. The molecule has 1 atom stereocenters. The second-order valence-corrected chi connectivity index (χ2v) is 6.23. The number of aromatic nitrogens is 2. The average Bonchev–Trinajstić information content (AvgIpc) is 2.54. The van der Waals surface area contributed by atoms with E-state index in [4.69, 9.17) is 10.7 Å². The summed E-state index contributed by atoms with van der Waals surface area (Å²) in [5.41, 5.74) is 10.1. The molecular formula is C19H20FN3O. The largest absolute Gasteiger partial charge is 0.324 e. The van der Waals surface area contributed by atoms with Gasteiger partial charge < -0.3 is 5.73 Å². The summed E-state index contributed by atoms with van der Waals surface area (Å²) in [5, 5.41) is 0.593. The summed E-state index contributed by atoms with van der Waals surface area (Å²) >= 11 is 0. The summed E-state index contributed by atoms with van der Waals surface area (Å²) in [6.07, 6.45) is 0. The lowest BCUT2D eigenvalue weighted by molar-refractivity contribution is 0.628. The fourth-order valence-corrected chi connectivity index (χ4v) is 2.96. The van der Waals surface area contributed by atoms with Gasteiger partial charge in [0.05, 0.1) is 10.9 Å². The Kier molecular flexibility index (Phi) is 3.97. The van der Waals surface area contributed by atoms with Crippen LogP contribution in [-0.2, 0) is 7.05 Å². The van der Waals surface area contributed by atoms with E-state index in [9.17, 15) is 9.18 Å². The van der Waals surface area contributed by atoms with Crippen molar-refractivity contribution in [1.29, 1.82) is 0 Å².